The van der Waals surface area contributed by atoms with Crippen molar-refractivity contribution >= 4 is 17.2 Å². The molecule has 2 aromatic rings. The molecule has 0 radical (unpaired) electrons. The molecule has 6 nitrogen and oxygen atoms in total. The molecule has 0 unspecified atom stereocenters. The first-order valence-corrected chi connectivity index (χ1v) is 5.88. The lowest BCUT2D eigenvalue weighted by molar-refractivity contribution is -0.385. The number of pyridine rings is 1. The third-order valence-corrected chi connectivity index (χ3v) is 2.93. The third kappa shape index (κ3) is 2.57. The highest BCUT2D eigenvalue weighted by Crippen LogP contribution is 2.27. The Labute approximate surface area is 116 Å². The van der Waals surface area contributed by atoms with E-state index in [1.54, 1.807) is 37.1 Å². The molecule has 0 aliphatic carbocycles. The SMILES string of the molecule is Cc1cc([N+](=O)[O-])cnc1N(C)c1cccc(C#N)c1. The van der Waals surface area contributed by atoms with Gasteiger partial charge in [-0.15, -0.1) is 0 Å². The van der Waals surface area contributed by atoms with E-state index in [2.05, 4.69) is 11.1 Å². The predicted molar refractivity (Wildman–Crippen MR) is 74.8 cm³/mol. The minimum atomic E-state index is -0.472. The van der Waals surface area contributed by atoms with Crippen LogP contribution in [-0.2, 0) is 0 Å². The van der Waals surface area contributed by atoms with Crippen LogP contribution in [0.1, 0.15) is 11.1 Å². The molecule has 0 saturated heterocycles. The Morgan fingerprint density at radius 2 is 2.15 bits per heavy atom. The van der Waals surface area contributed by atoms with Crippen molar-refractivity contribution in [3.05, 3.63) is 57.8 Å². The Hall–Kier alpha value is -2.94. The minimum absolute atomic E-state index is 0.0366. The lowest BCUT2D eigenvalue weighted by Crippen LogP contribution is -2.13. The predicted octanol–water partition coefficient (Wildman–Crippen LogP) is 2.94. The van der Waals surface area contributed by atoms with Crippen LogP contribution in [0.4, 0.5) is 17.2 Å². The Bertz CT molecular complexity index is 707. The van der Waals surface area contributed by atoms with Gasteiger partial charge in [-0.2, -0.15) is 5.26 Å². The van der Waals surface area contributed by atoms with Gasteiger partial charge in [0.05, 0.1) is 16.6 Å². The molecule has 1 aromatic carbocycles. The summed E-state index contributed by atoms with van der Waals surface area (Å²) in [4.78, 5) is 16.2. The van der Waals surface area contributed by atoms with Crippen molar-refractivity contribution in [3.63, 3.8) is 0 Å². The summed E-state index contributed by atoms with van der Waals surface area (Å²) in [6.45, 7) is 1.76. The molecule has 0 aliphatic heterocycles. The Kier molecular flexibility index (Phi) is 3.62. The highest BCUT2D eigenvalue weighted by atomic mass is 16.6. The topological polar surface area (TPSA) is 83.1 Å². The van der Waals surface area contributed by atoms with Crippen molar-refractivity contribution in [2.24, 2.45) is 0 Å². The molecular formula is C14H12N4O2. The van der Waals surface area contributed by atoms with E-state index in [4.69, 9.17) is 5.26 Å². The summed E-state index contributed by atoms with van der Waals surface area (Å²) in [5, 5.41) is 19.6. The van der Waals surface area contributed by atoms with Crippen LogP contribution in [0, 0.1) is 28.4 Å². The summed E-state index contributed by atoms with van der Waals surface area (Å²) >= 11 is 0. The smallest absolute Gasteiger partial charge is 0.287 e. The number of nitro groups is 1. The third-order valence-electron chi connectivity index (χ3n) is 2.93. The molecule has 0 spiro atoms. The Balaban J connectivity index is 2.40. The molecule has 100 valence electrons. The van der Waals surface area contributed by atoms with Gasteiger partial charge in [-0.05, 0) is 30.7 Å². The van der Waals surface area contributed by atoms with Gasteiger partial charge in [0.25, 0.3) is 5.69 Å². The van der Waals surface area contributed by atoms with Crippen molar-refractivity contribution < 1.29 is 4.92 Å². The van der Waals surface area contributed by atoms with Gasteiger partial charge in [0.15, 0.2) is 0 Å². The number of hydrogen-bond acceptors (Lipinski definition) is 5. The summed E-state index contributed by atoms with van der Waals surface area (Å²) in [7, 11) is 1.80. The van der Waals surface area contributed by atoms with E-state index in [1.165, 1.54) is 12.3 Å². The molecule has 1 heterocycles. The monoisotopic (exact) mass is 268 g/mol. The van der Waals surface area contributed by atoms with Crippen LogP contribution < -0.4 is 4.90 Å². The van der Waals surface area contributed by atoms with Gasteiger partial charge in [-0.3, -0.25) is 10.1 Å². The van der Waals surface area contributed by atoms with E-state index in [0.29, 0.717) is 16.9 Å². The zero-order valence-electron chi connectivity index (χ0n) is 11.1. The van der Waals surface area contributed by atoms with Gasteiger partial charge >= 0.3 is 0 Å². The van der Waals surface area contributed by atoms with E-state index in [0.717, 1.165) is 5.69 Å². The quantitative estimate of drug-likeness (QED) is 0.631. The second-order valence-electron chi connectivity index (χ2n) is 4.31. The maximum atomic E-state index is 10.7. The lowest BCUT2D eigenvalue weighted by atomic mass is 10.2. The number of hydrogen-bond donors (Lipinski definition) is 0. The van der Waals surface area contributed by atoms with E-state index in [-0.39, 0.29) is 5.69 Å². The first-order valence-electron chi connectivity index (χ1n) is 5.88. The van der Waals surface area contributed by atoms with Crippen LogP contribution in [0.3, 0.4) is 0 Å². The highest BCUT2D eigenvalue weighted by molar-refractivity contribution is 5.64. The average Bonchev–Trinajstić information content (AvgIpc) is 2.46. The molecule has 2 rings (SSSR count). The molecule has 1 aromatic heterocycles. The fraction of sp³-hybridized carbons (Fsp3) is 0.143. The number of rotatable bonds is 3. The second kappa shape index (κ2) is 5.36. The standard InChI is InChI=1S/C14H12N4O2/c1-10-6-13(18(19)20)9-16-14(10)17(2)12-5-3-4-11(7-12)8-15/h3-7,9H,1-2H3. The first kappa shape index (κ1) is 13.5. The number of nitrogens with zero attached hydrogens (tertiary/aromatic N) is 4. The van der Waals surface area contributed by atoms with Crippen LogP contribution in [0.2, 0.25) is 0 Å². The molecule has 0 saturated carbocycles. The van der Waals surface area contributed by atoms with Crippen molar-refractivity contribution in [1.82, 2.24) is 4.98 Å². The van der Waals surface area contributed by atoms with Gasteiger partial charge in [0.1, 0.15) is 12.0 Å². The zero-order valence-corrected chi connectivity index (χ0v) is 11.1. The van der Waals surface area contributed by atoms with Crippen LogP contribution >= 0.6 is 0 Å². The van der Waals surface area contributed by atoms with E-state index in [1.807, 2.05) is 6.07 Å². The highest BCUT2D eigenvalue weighted by Gasteiger charge is 2.13. The summed E-state index contributed by atoms with van der Waals surface area (Å²) in [6, 6.07) is 10.6. The van der Waals surface area contributed by atoms with Crippen molar-refractivity contribution in [2.75, 3.05) is 11.9 Å². The minimum Gasteiger partial charge on any atom is -0.329 e. The van der Waals surface area contributed by atoms with Gasteiger partial charge in [-0.1, -0.05) is 6.07 Å². The van der Waals surface area contributed by atoms with Crippen molar-refractivity contribution in [2.45, 2.75) is 6.92 Å². The molecule has 6 heteroatoms. The van der Waals surface area contributed by atoms with Crippen molar-refractivity contribution in [1.29, 1.82) is 5.26 Å². The van der Waals surface area contributed by atoms with Crippen LogP contribution in [-0.4, -0.2) is 17.0 Å². The maximum absolute atomic E-state index is 10.7. The Morgan fingerprint density at radius 1 is 1.40 bits per heavy atom. The normalized spacial score (nSPS) is 9.85. The van der Waals surface area contributed by atoms with E-state index < -0.39 is 4.92 Å². The zero-order chi connectivity index (χ0) is 14.7. The average molecular weight is 268 g/mol. The summed E-state index contributed by atoms with van der Waals surface area (Å²) in [5.41, 5.74) is 2.01. The molecule has 0 N–H and O–H groups in total. The molecule has 0 atom stereocenters. The lowest BCUT2D eigenvalue weighted by Gasteiger charge is -2.20. The van der Waals surface area contributed by atoms with Crippen LogP contribution in [0.5, 0.6) is 0 Å². The van der Waals surface area contributed by atoms with Gasteiger partial charge in [0.2, 0.25) is 0 Å². The summed E-state index contributed by atoms with van der Waals surface area (Å²) in [6.07, 6.45) is 1.23. The summed E-state index contributed by atoms with van der Waals surface area (Å²) < 4.78 is 0. The number of aryl methyl sites for hydroxylation is 1. The molecule has 0 fully saturated rings. The molecule has 0 bridgehead atoms. The van der Waals surface area contributed by atoms with Crippen LogP contribution in [0.15, 0.2) is 36.5 Å². The van der Waals surface area contributed by atoms with Gasteiger partial charge < -0.3 is 4.90 Å². The molecule has 0 amide bonds. The van der Waals surface area contributed by atoms with E-state index >= 15 is 0 Å². The largest absolute Gasteiger partial charge is 0.329 e. The molecular weight excluding hydrogens is 256 g/mol. The number of aromatic nitrogens is 1. The number of anilines is 2. The molecule has 20 heavy (non-hydrogen) atoms. The van der Waals surface area contributed by atoms with Gasteiger partial charge in [-0.25, -0.2) is 4.98 Å². The Morgan fingerprint density at radius 3 is 2.75 bits per heavy atom. The number of benzene rings is 1. The van der Waals surface area contributed by atoms with E-state index in [9.17, 15) is 10.1 Å². The summed E-state index contributed by atoms with van der Waals surface area (Å²) in [5.74, 6) is 0.616. The fourth-order valence-electron chi connectivity index (χ4n) is 1.91. The second-order valence-corrected chi connectivity index (χ2v) is 4.31. The van der Waals surface area contributed by atoms with Crippen LogP contribution in [0.25, 0.3) is 0 Å². The maximum Gasteiger partial charge on any atom is 0.287 e. The van der Waals surface area contributed by atoms with Gasteiger partial charge in [0, 0.05) is 18.8 Å². The van der Waals surface area contributed by atoms with Crippen molar-refractivity contribution in [3.8, 4) is 6.07 Å². The first-order chi connectivity index (χ1) is 9.52. The number of nitriles is 1. The molecule has 0 aliphatic rings. The fourth-order valence-corrected chi connectivity index (χ4v) is 1.91.